The van der Waals surface area contributed by atoms with Gasteiger partial charge < -0.3 is 0 Å². The van der Waals surface area contributed by atoms with Gasteiger partial charge in [0.2, 0.25) is 0 Å². The van der Waals surface area contributed by atoms with Crippen LogP contribution < -0.4 is 0 Å². The Morgan fingerprint density at radius 2 is 1.93 bits per heavy atom. The minimum absolute atomic E-state index is 0.164. The number of Topliss-reactive ketones (excluding diaryl/α,β-unsaturated/α-hetero) is 1. The van der Waals surface area contributed by atoms with E-state index in [1.165, 1.54) is 11.1 Å². The number of ketones is 1. The molecule has 0 amide bonds. The van der Waals surface area contributed by atoms with Crippen LogP contribution in [0.1, 0.15) is 48.2 Å². The van der Waals surface area contributed by atoms with E-state index in [1.54, 1.807) is 0 Å². The highest BCUT2D eigenvalue weighted by atomic mass is 16.1. The highest BCUT2D eigenvalue weighted by Gasteiger charge is 2.33. The molecule has 0 spiro atoms. The largest absolute Gasteiger partial charge is 0.294 e. The molecule has 1 heteroatoms. The smallest absolute Gasteiger partial charge is 0.166 e. The van der Waals surface area contributed by atoms with Gasteiger partial charge in [-0.3, -0.25) is 4.79 Å². The number of carbonyl (C=O) groups is 1. The Morgan fingerprint density at radius 3 is 2.57 bits per heavy atom. The van der Waals surface area contributed by atoms with E-state index in [0.29, 0.717) is 11.7 Å². The van der Waals surface area contributed by atoms with Crippen molar-refractivity contribution in [3.05, 3.63) is 34.9 Å². The van der Waals surface area contributed by atoms with Crippen LogP contribution in [0.5, 0.6) is 0 Å². The second kappa shape index (κ2) is 3.23. The Hall–Kier alpha value is -1.11. The third-order valence-corrected chi connectivity index (χ3v) is 3.45. The SMILES string of the molecule is CCc1ccc2c(c1)C(=O)C(C)C2C. The molecule has 0 saturated carbocycles. The van der Waals surface area contributed by atoms with Gasteiger partial charge in [0.05, 0.1) is 0 Å². The number of rotatable bonds is 1. The van der Waals surface area contributed by atoms with Gasteiger partial charge in [-0.2, -0.15) is 0 Å². The Kier molecular flexibility index (Phi) is 2.18. The zero-order valence-electron chi connectivity index (χ0n) is 9.00. The lowest BCUT2D eigenvalue weighted by Crippen LogP contribution is -2.06. The van der Waals surface area contributed by atoms with Gasteiger partial charge in [0, 0.05) is 11.5 Å². The predicted molar refractivity (Wildman–Crippen MR) is 57.7 cm³/mol. The molecule has 0 aromatic heterocycles. The summed E-state index contributed by atoms with van der Waals surface area (Å²) in [5.41, 5.74) is 3.46. The van der Waals surface area contributed by atoms with Gasteiger partial charge in [-0.15, -0.1) is 0 Å². The summed E-state index contributed by atoms with van der Waals surface area (Å²) < 4.78 is 0. The van der Waals surface area contributed by atoms with Crippen LogP contribution in [0.25, 0.3) is 0 Å². The molecule has 1 aliphatic rings. The summed E-state index contributed by atoms with van der Waals surface area (Å²) in [6, 6.07) is 6.33. The summed E-state index contributed by atoms with van der Waals surface area (Å²) in [5, 5.41) is 0. The Bertz CT molecular complexity index is 379. The van der Waals surface area contributed by atoms with Crippen LogP contribution >= 0.6 is 0 Å². The molecular formula is C13H16O. The van der Waals surface area contributed by atoms with Gasteiger partial charge in [0.25, 0.3) is 0 Å². The summed E-state index contributed by atoms with van der Waals surface area (Å²) >= 11 is 0. The molecule has 1 aromatic carbocycles. The van der Waals surface area contributed by atoms with Crippen molar-refractivity contribution in [3.8, 4) is 0 Å². The molecule has 0 radical (unpaired) electrons. The van der Waals surface area contributed by atoms with Crippen LogP contribution in [0, 0.1) is 5.92 Å². The van der Waals surface area contributed by atoms with Gasteiger partial charge in [-0.05, 0) is 29.5 Å². The standard InChI is InChI=1S/C13H16O/c1-4-10-5-6-11-8(2)9(3)13(14)12(11)7-10/h5-9H,4H2,1-3H3. The first-order valence-corrected chi connectivity index (χ1v) is 5.32. The second-order valence-corrected chi connectivity index (χ2v) is 4.22. The van der Waals surface area contributed by atoms with E-state index in [1.807, 2.05) is 6.92 Å². The maximum atomic E-state index is 11.9. The van der Waals surface area contributed by atoms with Gasteiger partial charge in [-0.25, -0.2) is 0 Å². The summed E-state index contributed by atoms with van der Waals surface area (Å²) in [5.74, 6) is 0.878. The lowest BCUT2D eigenvalue weighted by Gasteiger charge is -2.07. The molecule has 14 heavy (non-hydrogen) atoms. The zero-order valence-corrected chi connectivity index (χ0v) is 9.00. The van der Waals surface area contributed by atoms with Crippen LogP contribution in [0.15, 0.2) is 18.2 Å². The van der Waals surface area contributed by atoms with Crippen molar-refractivity contribution >= 4 is 5.78 Å². The van der Waals surface area contributed by atoms with E-state index in [9.17, 15) is 4.79 Å². The van der Waals surface area contributed by atoms with E-state index in [0.717, 1.165) is 12.0 Å². The molecule has 1 aliphatic carbocycles. The number of aryl methyl sites for hydroxylation is 1. The Morgan fingerprint density at radius 1 is 1.21 bits per heavy atom. The first-order chi connectivity index (χ1) is 6.65. The van der Waals surface area contributed by atoms with Crippen molar-refractivity contribution in [2.75, 3.05) is 0 Å². The highest BCUT2D eigenvalue weighted by Crippen LogP contribution is 2.37. The monoisotopic (exact) mass is 188 g/mol. The van der Waals surface area contributed by atoms with Crippen molar-refractivity contribution in [2.24, 2.45) is 5.92 Å². The van der Waals surface area contributed by atoms with E-state index < -0.39 is 0 Å². The quantitative estimate of drug-likeness (QED) is 0.661. The van der Waals surface area contributed by atoms with E-state index in [4.69, 9.17) is 0 Å². The second-order valence-electron chi connectivity index (χ2n) is 4.22. The van der Waals surface area contributed by atoms with Crippen LogP contribution in [0.4, 0.5) is 0 Å². The van der Waals surface area contributed by atoms with Crippen molar-refractivity contribution < 1.29 is 4.79 Å². The molecular weight excluding hydrogens is 172 g/mol. The molecule has 0 heterocycles. The molecule has 1 aromatic rings. The van der Waals surface area contributed by atoms with Crippen molar-refractivity contribution in [3.63, 3.8) is 0 Å². The molecule has 0 fully saturated rings. The van der Waals surface area contributed by atoms with Crippen LogP contribution in [0.3, 0.4) is 0 Å². The van der Waals surface area contributed by atoms with Crippen molar-refractivity contribution in [2.45, 2.75) is 33.1 Å². The average Bonchev–Trinajstić information content (AvgIpc) is 2.44. The lowest BCUT2D eigenvalue weighted by atomic mass is 9.96. The summed E-state index contributed by atoms with van der Waals surface area (Å²) in [7, 11) is 0. The van der Waals surface area contributed by atoms with Gasteiger partial charge >= 0.3 is 0 Å². The fraction of sp³-hybridized carbons (Fsp3) is 0.462. The normalized spacial score (nSPS) is 25.2. The fourth-order valence-corrected chi connectivity index (χ4v) is 2.18. The molecule has 0 N–H and O–H groups in total. The molecule has 0 aliphatic heterocycles. The zero-order chi connectivity index (χ0) is 10.3. The molecule has 2 rings (SSSR count). The first-order valence-electron chi connectivity index (χ1n) is 5.32. The molecule has 2 atom stereocenters. The van der Waals surface area contributed by atoms with Gasteiger partial charge in [0.1, 0.15) is 0 Å². The van der Waals surface area contributed by atoms with Gasteiger partial charge in [0.15, 0.2) is 5.78 Å². The summed E-state index contributed by atoms with van der Waals surface area (Å²) in [6.45, 7) is 6.28. The molecule has 0 bridgehead atoms. The Balaban J connectivity index is 2.53. The van der Waals surface area contributed by atoms with E-state index in [-0.39, 0.29) is 5.92 Å². The van der Waals surface area contributed by atoms with E-state index in [2.05, 4.69) is 32.0 Å². The highest BCUT2D eigenvalue weighted by molar-refractivity contribution is 6.03. The number of benzene rings is 1. The minimum Gasteiger partial charge on any atom is -0.294 e. The molecule has 0 saturated heterocycles. The molecule has 2 unspecified atom stereocenters. The minimum atomic E-state index is 0.164. The maximum absolute atomic E-state index is 11.9. The molecule has 1 nitrogen and oxygen atoms in total. The third-order valence-electron chi connectivity index (χ3n) is 3.45. The van der Waals surface area contributed by atoms with Crippen LogP contribution in [-0.4, -0.2) is 5.78 Å². The van der Waals surface area contributed by atoms with Crippen LogP contribution in [-0.2, 0) is 6.42 Å². The lowest BCUT2D eigenvalue weighted by molar-refractivity contribution is 0.0936. The fourth-order valence-electron chi connectivity index (χ4n) is 2.18. The summed E-state index contributed by atoms with van der Waals surface area (Å²) in [4.78, 5) is 11.9. The predicted octanol–water partition coefficient (Wildman–Crippen LogP) is 3.18. The van der Waals surface area contributed by atoms with E-state index >= 15 is 0 Å². The summed E-state index contributed by atoms with van der Waals surface area (Å²) in [6.07, 6.45) is 1.00. The third kappa shape index (κ3) is 1.19. The van der Waals surface area contributed by atoms with Crippen molar-refractivity contribution in [1.29, 1.82) is 0 Å². The number of hydrogen-bond donors (Lipinski definition) is 0. The number of fused-ring (bicyclic) bond motifs is 1. The van der Waals surface area contributed by atoms with Crippen LogP contribution in [0.2, 0.25) is 0 Å². The topological polar surface area (TPSA) is 17.1 Å². The average molecular weight is 188 g/mol. The van der Waals surface area contributed by atoms with Crippen molar-refractivity contribution in [1.82, 2.24) is 0 Å². The first kappa shape index (κ1) is 9.45. The number of hydrogen-bond acceptors (Lipinski definition) is 1. The molecule has 74 valence electrons. The number of carbonyl (C=O) groups excluding carboxylic acids is 1. The Labute approximate surface area is 85.1 Å². The maximum Gasteiger partial charge on any atom is 0.166 e. The van der Waals surface area contributed by atoms with Gasteiger partial charge in [-0.1, -0.05) is 32.9 Å².